The summed E-state index contributed by atoms with van der Waals surface area (Å²) < 4.78 is 0. The van der Waals surface area contributed by atoms with Crippen molar-refractivity contribution < 1.29 is 4.79 Å². The van der Waals surface area contributed by atoms with Gasteiger partial charge in [-0.1, -0.05) is 40.0 Å². The van der Waals surface area contributed by atoms with Crippen molar-refractivity contribution >= 4 is 5.91 Å². The van der Waals surface area contributed by atoms with E-state index >= 15 is 0 Å². The highest BCUT2D eigenvalue weighted by atomic mass is 16.2. The van der Waals surface area contributed by atoms with Crippen LogP contribution in [-0.2, 0) is 4.79 Å². The Morgan fingerprint density at radius 2 is 1.95 bits per heavy atom. The van der Waals surface area contributed by atoms with Crippen LogP contribution in [0, 0.1) is 5.92 Å². The minimum atomic E-state index is -0.339. The van der Waals surface area contributed by atoms with Crippen LogP contribution in [0.5, 0.6) is 0 Å². The smallest absolute Gasteiger partial charge is 0.244 e. The Balaban J connectivity index is 2.24. The zero-order valence-electron chi connectivity index (χ0n) is 13.7. The summed E-state index contributed by atoms with van der Waals surface area (Å²) in [6, 6.07) is 0.416. The monoisotopic (exact) mass is 280 g/mol. The highest BCUT2D eigenvalue weighted by molar-refractivity contribution is 5.88. The summed E-state index contributed by atoms with van der Waals surface area (Å²) in [7, 11) is 0. The van der Waals surface area contributed by atoms with Gasteiger partial charge in [-0.15, -0.1) is 0 Å². The first-order valence-electron chi connectivity index (χ1n) is 8.67. The number of nitrogens with zero attached hydrogens (tertiary/aromatic N) is 1. The number of amides is 1. The lowest BCUT2D eigenvalue weighted by molar-refractivity contribution is -0.136. The molecule has 1 saturated carbocycles. The van der Waals surface area contributed by atoms with E-state index in [0.717, 1.165) is 25.7 Å². The lowest BCUT2D eigenvalue weighted by atomic mass is 9.98. The molecule has 1 heterocycles. The Morgan fingerprint density at radius 3 is 2.45 bits per heavy atom. The van der Waals surface area contributed by atoms with E-state index < -0.39 is 0 Å². The topological polar surface area (TPSA) is 32.3 Å². The van der Waals surface area contributed by atoms with E-state index in [1.165, 1.54) is 25.7 Å². The first-order valence-corrected chi connectivity index (χ1v) is 8.67. The Morgan fingerprint density at radius 1 is 1.30 bits per heavy atom. The maximum absolute atomic E-state index is 13.0. The molecule has 3 unspecified atom stereocenters. The summed E-state index contributed by atoms with van der Waals surface area (Å²) in [4.78, 5) is 15.2. The molecule has 20 heavy (non-hydrogen) atoms. The number of rotatable bonds is 6. The molecule has 3 atom stereocenters. The molecule has 0 aromatic carbocycles. The molecule has 2 fully saturated rings. The summed E-state index contributed by atoms with van der Waals surface area (Å²) in [6.07, 6.45) is 9.75. The van der Waals surface area contributed by atoms with Gasteiger partial charge in [0.1, 0.15) is 0 Å². The SMILES string of the molecule is CCCC(CC)N1C(=O)C(C)(CC)NC1C1CCCC1. The van der Waals surface area contributed by atoms with Crippen LogP contribution in [0.2, 0.25) is 0 Å². The van der Waals surface area contributed by atoms with Crippen molar-refractivity contribution in [2.45, 2.75) is 96.8 Å². The van der Waals surface area contributed by atoms with E-state index in [9.17, 15) is 4.79 Å². The lowest BCUT2D eigenvalue weighted by Gasteiger charge is -2.35. The Kier molecular flexibility index (Phi) is 5.11. The van der Waals surface area contributed by atoms with Gasteiger partial charge in [-0.25, -0.2) is 0 Å². The summed E-state index contributed by atoms with van der Waals surface area (Å²) in [5, 5.41) is 3.71. The Bertz CT molecular complexity index is 338. The number of hydrogen-bond acceptors (Lipinski definition) is 2. The molecule has 0 radical (unpaired) electrons. The molecule has 0 aromatic rings. The Hall–Kier alpha value is -0.570. The average molecular weight is 280 g/mol. The minimum Gasteiger partial charge on any atom is -0.322 e. The zero-order chi connectivity index (χ0) is 14.8. The predicted molar refractivity (Wildman–Crippen MR) is 83.4 cm³/mol. The third-order valence-electron chi connectivity index (χ3n) is 5.51. The predicted octanol–water partition coefficient (Wildman–Crippen LogP) is 3.68. The summed E-state index contributed by atoms with van der Waals surface area (Å²) in [5.74, 6) is 1.01. The van der Waals surface area contributed by atoms with Gasteiger partial charge in [0.25, 0.3) is 0 Å². The van der Waals surface area contributed by atoms with Gasteiger partial charge in [0.15, 0.2) is 0 Å². The van der Waals surface area contributed by atoms with Crippen molar-refractivity contribution in [1.82, 2.24) is 10.2 Å². The van der Waals surface area contributed by atoms with Crippen molar-refractivity contribution in [3.05, 3.63) is 0 Å². The summed E-state index contributed by atoms with van der Waals surface area (Å²) >= 11 is 0. The van der Waals surface area contributed by atoms with Crippen LogP contribution in [0.3, 0.4) is 0 Å². The molecule has 3 nitrogen and oxygen atoms in total. The van der Waals surface area contributed by atoms with Crippen LogP contribution in [0.25, 0.3) is 0 Å². The van der Waals surface area contributed by atoms with Crippen LogP contribution >= 0.6 is 0 Å². The highest BCUT2D eigenvalue weighted by Crippen LogP contribution is 2.37. The van der Waals surface area contributed by atoms with Crippen molar-refractivity contribution in [2.75, 3.05) is 0 Å². The second-order valence-electron chi connectivity index (χ2n) is 6.88. The molecule has 0 spiro atoms. The number of carbonyl (C=O) groups excluding carboxylic acids is 1. The minimum absolute atomic E-state index is 0.284. The molecule has 0 bridgehead atoms. The molecule has 1 N–H and O–H groups in total. The normalized spacial score (nSPS) is 33.1. The van der Waals surface area contributed by atoms with E-state index in [2.05, 4.69) is 37.9 Å². The lowest BCUT2D eigenvalue weighted by Crippen LogP contribution is -2.48. The average Bonchev–Trinajstić information content (AvgIpc) is 3.05. The Labute approximate surface area is 124 Å². The molecule has 1 amide bonds. The number of hydrogen-bond donors (Lipinski definition) is 1. The third kappa shape index (κ3) is 2.74. The molecule has 1 aliphatic heterocycles. The second-order valence-corrected chi connectivity index (χ2v) is 6.88. The van der Waals surface area contributed by atoms with Crippen LogP contribution in [0.4, 0.5) is 0 Å². The number of carbonyl (C=O) groups is 1. The van der Waals surface area contributed by atoms with Crippen LogP contribution in [0.1, 0.15) is 79.1 Å². The van der Waals surface area contributed by atoms with Crippen molar-refractivity contribution in [1.29, 1.82) is 0 Å². The van der Waals surface area contributed by atoms with Gasteiger partial charge >= 0.3 is 0 Å². The van der Waals surface area contributed by atoms with Gasteiger partial charge in [-0.2, -0.15) is 0 Å². The first kappa shape index (κ1) is 15.8. The van der Waals surface area contributed by atoms with E-state index in [1.807, 2.05) is 0 Å². The van der Waals surface area contributed by atoms with Gasteiger partial charge in [0.05, 0.1) is 11.7 Å². The molecule has 1 aliphatic carbocycles. The maximum atomic E-state index is 13.0. The first-order chi connectivity index (χ1) is 9.57. The van der Waals surface area contributed by atoms with Gasteiger partial charge in [0, 0.05) is 6.04 Å². The molecular formula is C17H32N2O. The maximum Gasteiger partial charge on any atom is 0.244 e. The molecule has 1 saturated heterocycles. The van der Waals surface area contributed by atoms with Crippen LogP contribution < -0.4 is 5.32 Å². The summed E-state index contributed by atoms with van der Waals surface area (Å²) in [5.41, 5.74) is -0.339. The third-order valence-corrected chi connectivity index (χ3v) is 5.51. The molecule has 0 aromatic heterocycles. The van der Waals surface area contributed by atoms with Crippen molar-refractivity contribution in [3.63, 3.8) is 0 Å². The largest absolute Gasteiger partial charge is 0.322 e. The number of nitrogens with one attached hydrogen (secondary N) is 1. The molecule has 2 rings (SSSR count). The fraction of sp³-hybridized carbons (Fsp3) is 0.941. The standard InChI is InChI=1S/C17H32N2O/c1-5-10-14(6-2)19-15(13-11-8-9-12-13)18-17(4,7-3)16(19)20/h13-15,18H,5-12H2,1-4H3. The highest BCUT2D eigenvalue weighted by Gasteiger charge is 2.51. The van der Waals surface area contributed by atoms with Gasteiger partial charge in [-0.3, -0.25) is 10.1 Å². The van der Waals surface area contributed by atoms with Crippen LogP contribution in [0.15, 0.2) is 0 Å². The molecule has 3 heteroatoms. The molecule has 2 aliphatic rings. The fourth-order valence-corrected chi connectivity index (χ4v) is 4.01. The summed E-state index contributed by atoms with van der Waals surface area (Å²) in [6.45, 7) is 8.66. The van der Waals surface area contributed by atoms with E-state index in [0.29, 0.717) is 17.9 Å². The molecule has 116 valence electrons. The van der Waals surface area contributed by atoms with Crippen LogP contribution in [-0.4, -0.2) is 28.6 Å². The van der Waals surface area contributed by atoms with E-state index in [4.69, 9.17) is 0 Å². The second kappa shape index (κ2) is 6.46. The van der Waals surface area contributed by atoms with Crippen molar-refractivity contribution in [2.24, 2.45) is 5.92 Å². The zero-order valence-corrected chi connectivity index (χ0v) is 13.7. The van der Waals surface area contributed by atoms with Gasteiger partial charge < -0.3 is 4.90 Å². The molecular weight excluding hydrogens is 248 g/mol. The van der Waals surface area contributed by atoms with Gasteiger partial charge in [-0.05, 0) is 44.9 Å². The fourth-order valence-electron chi connectivity index (χ4n) is 4.01. The van der Waals surface area contributed by atoms with Gasteiger partial charge in [0.2, 0.25) is 5.91 Å². The quantitative estimate of drug-likeness (QED) is 0.805. The van der Waals surface area contributed by atoms with Crippen molar-refractivity contribution in [3.8, 4) is 0 Å². The van der Waals surface area contributed by atoms with E-state index in [1.54, 1.807) is 0 Å². The van der Waals surface area contributed by atoms with E-state index in [-0.39, 0.29) is 11.7 Å².